The number of carbonyl (C=O) groups is 1. The summed E-state index contributed by atoms with van der Waals surface area (Å²) in [4.78, 5) is 16.2. The van der Waals surface area contributed by atoms with Gasteiger partial charge in [-0.15, -0.1) is 0 Å². The molecule has 19 heavy (non-hydrogen) atoms. The van der Waals surface area contributed by atoms with Crippen LogP contribution >= 0.6 is 0 Å². The number of carbonyl (C=O) groups excluding carboxylic acids is 1. The average Bonchev–Trinajstić information content (AvgIpc) is 2.41. The average molecular weight is 273 g/mol. The summed E-state index contributed by atoms with van der Waals surface area (Å²) >= 11 is 0. The highest BCUT2D eigenvalue weighted by atomic mass is 16.5. The molecule has 0 saturated carbocycles. The van der Waals surface area contributed by atoms with Crippen molar-refractivity contribution in [3.05, 3.63) is 0 Å². The van der Waals surface area contributed by atoms with Crippen molar-refractivity contribution >= 4 is 5.91 Å². The zero-order valence-electron chi connectivity index (χ0n) is 12.2. The predicted octanol–water partition coefficient (Wildman–Crippen LogP) is -0.597. The van der Waals surface area contributed by atoms with Crippen molar-refractivity contribution in [2.24, 2.45) is 0 Å². The van der Waals surface area contributed by atoms with E-state index in [2.05, 4.69) is 15.1 Å². The van der Waals surface area contributed by atoms with Crippen molar-refractivity contribution in [1.29, 1.82) is 0 Å². The number of ether oxygens (including phenoxy) is 2. The van der Waals surface area contributed by atoms with Gasteiger partial charge in [-0.1, -0.05) is 0 Å². The quantitative estimate of drug-likeness (QED) is 0.569. The van der Waals surface area contributed by atoms with Gasteiger partial charge in [0, 0.05) is 53.0 Å². The maximum absolute atomic E-state index is 11.6. The second-order valence-electron chi connectivity index (χ2n) is 4.66. The van der Waals surface area contributed by atoms with Crippen molar-refractivity contribution in [1.82, 2.24) is 15.1 Å². The highest BCUT2D eigenvalue weighted by Gasteiger charge is 2.18. The fourth-order valence-electron chi connectivity index (χ4n) is 2.06. The standard InChI is InChI=1S/C13H27N3O3/c1-3-19-11-9-15-5-7-16(8-6-15)12-13(17)14-4-10-18-2/h3-12H2,1-2H3,(H,14,17). The van der Waals surface area contributed by atoms with Gasteiger partial charge < -0.3 is 14.8 Å². The van der Waals surface area contributed by atoms with E-state index < -0.39 is 0 Å². The minimum absolute atomic E-state index is 0.0832. The maximum Gasteiger partial charge on any atom is 0.234 e. The highest BCUT2D eigenvalue weighted by Crippen LogP contribution is 2.00. The highest BCUT2D eigenvalue weighted by molar-refractivity contribution is 5.77. The zero-order valence-corrected chi connectivity index (χ0v) is 12.2. The molecule has 1 N–H and O–H groups in total. The minimum Gasteiger partial charge on any atom is -0.383 e. The third-order valence-corrected chi connectivity index (χ3v) is 3.22. The second-order valence-corrected chi connectivity index (χ2v) is 4.66. The van der Waals surface area contributed by atoms with Crippen molar-refractivity contribution in [2.45, 2.75) is 6.92 Å². The van der Waals surface area contributed by atoms with Crippen LogP contribution in [0.3, 0.4) is 0 Å². The van der Waals surface area contributed by atoms with Crippen LogP contribution < -0.4 is 5.32 Å². The van der Waals surface area contributed by atoms with Crippen molar-refractivity contribution in [2.75, 3.05) is 72.7 Å². The van der Waals surface area contributed by atoms with Gasteiger partial charge in [0.15, 0.2) is 0 Å². The Bertz CT molecular complexity index is 243. The van der Waals surface area contributed by atoms with Gasteiger partial charge in [-0.3, -0.25) is 14.6 Å². The van der Waals surface area contributed by atoms with E-state index in [1.165, 1.54) is 0 Å². The van der Waals surface area contributed by atoms with Crippen LogP contribution in [0.5, 0.6) is 0 Å². The zero-order chi connectivity index (χ0) is 13.9. The number of hydrogen-bond acceptors (Lipinski definition) is 5. The Hall–Kier alpha value is -0.690. The van der Waals surface area contributed by atoms with Crippen LogP contribution in [0.1, 0.15) is 6.92 Å². The fourth-order valence-corrected chi connectivity index (χ4v) is 2.06. The SMILES string of the molecule is CCOCCN1CCN(CC(=O)NCCOC)CC1. The molecule has 1 saturated heterocycles. The van der Waals surface area contributed by atoms with E-state index in [-0.39, 0.29) is 5.91 Å². The molecule has 0 unspecified atom stereocenters. The first-order chi connectivity index (χ1) is 9.26. The number of hydrogen-bond donors (Lipinski definition) is 1. The van der Waals surface area contributed by atoms with Crippen molar-refractivity contribution < 1.29 is 14.3 Å². The molecule has 0 aromatic rings. The summed E-state index contributed by atoms with van der Waals surface area (Å²) in [6.07, 6.45) is 0. The van der Waals surface area contributed by atoms with E-state index in [0.29, 0.717) is 19.7 Å². The van der Waals surface area contributed by atoms with Gasteiger partial charge in [-0.25, -0.2) is 0 Å². The van der Waals surface area contributed by atoms with Gasteiger partial charge in [-0.05, 0) is 6.92 Å². The maximum atomic E-state index is 11.6. The first-order valence-corrected chi connectivity index (χ1v) is 7.04. The summed E-state index contributed by atoms with van der Waals surface area (Å²) in [5, 5.41) is 2.84. The largest absolute Gasteiger partial charge is 0.383 e. The predicted molar refractivity (Wildman–Crippen MR) is 74.3 cm³/mol. The fraction of sp³-hybridized carbons (Fsp3) is 0.923. The van der Waals surface area contributed by atoms with Crippen LogP contribution in [-0.4, -0.2) is 88.5 Å². The molecule has 1 amide bonds. The lowest BCUT2D eigenvalue weighted by Gasteiger charge is -2.34. The summed E-state index contributed by atoms with van der Waals surface area (Å²) in [6, 6.07) is 0. The van der Waals surface area contributed by atoms with E-state index in [0.717, 1.165) is 45.9 Å². The molecule has 0 radical (unpaired) electrons. The van der Waals surface area contributed by atoms with E-state index >= 15 is 0 Å². The molecule has 0 spiro atoms. The Morgan fingerprint density at radius 3 is 2.47 bits per heavy atom. The minimum atomic E-state index is 0.0832. The summed E-state index contributed by atoms with van der Waals surface area (Å²) in [6.45, 7) is 10.1. The number of piperazine rings is 1. The molecule has 1 aliphatic heterocycles. The molecule has 1 rings (SSSR count). The van der Waals surface area contributed by atoms with Crippen LogP contribution in [-0.2, 0) is 14.3 Å². The van der Waals surface area contributed by atoms with Gasteiger partial charge in [0.25, 0.3) is 0 Å². The third kappa shape index (κ3) is 7.47. The van der Waals surface area contributed by atoms with Crippen molar-refractivity contribution in [3.63, 3.8) is 0 Å². The van der Waals surface area contributed by atoms with Crippen LogP contribution in [0.4, 0.5) is 0 Å². The van der Waals surface area contributed by atoms with E-state index in [1.54, 1.807) is 7.11 Å². The Morgan fingerprint density at radius 2 is 1.84 bits per heavy atom. The monoisotopic (exact) mass is 273 g/mol. The summed E-state index contributed by atoms with van der Waals surface area (Å²) < 4.78 is 10.2. The molecule has 0 aromatic carbocycles. The second kappa shape index (κ2) is 10.1. The lowest BCUT2D eigenvalue weighted by molar-refractivity contribution is -0.122. The first-order valence-electron chi connectivity index (χ1n) is 7.04. The molecule has 0 aliphatic carbocycles. The molecule has 0 bridgehead atoms. The first kappa shape index (κ1) is 16.4. The van der Waals surface area contributed by atoms with Crippen molar-refractivity contribution in [3.8, 4) is 0 Å². The molecule has 1 heterocycles. The number of rotatable bonds is 9. The molecular weight excluding hydrogens is 246 g/mol. The number of methoxy groups -OCH3 is 1. The molecule has 1 aliphatic rings. The molecule has 1 fully saturated rings. The van der Waals surface area contributed by atoms with Crippen LogP contribution in [0.15, 0.2) is 0 Å². The summed E-state index contributed by atoms with van der Waals surface area (Å²) in [5.74, 6) is 0.0832. The Morgan fingerprint density at radius 1 is 1.16 bits per heavy atom. The van der Waals surface area contributed by atoms with Crippen LogP contribution in [0, 0.1) is 0 Å². The van der Waals surface area contributed by atoms with Gasteiger partial charge >= 0.3 is 0 Å². The van der Waals surface area contributed by atoms with E-state index in [4.69, 9.17) is 9.47 Å². The van der Waals surface area contributed by atoms with E-state index in [1.807, 2.05) is 6.92 Å². The summed E-state index contributed by atoms with van der Waals surface area (Å²) in [7, 11) is 1.63. The topological polar surface area (TPSA) is 54.0 Å². The summed E-state index contributed by atoms with van der Waals surface area (Å²) in [5.41, 5.74) is 0. The van der Waals surface area contributed by atoms with Crippen LogP contribution in [0.25, 0.3) is 0 Å². The third-order valence-electron chi connectivity index (χ3n) is 3.22. The number of nitrogens with one attached hydrogen (secondary N) is 1. The molecule has 112 valence electrons. The normalized spacial score (nSPS) is 17.6. The molecular formula is C13H27N3O3. The molecule has 0 atom stereocenters. The number of amides is 1. The lowest BCUT2D eigenvalue weighted by Crippen LogP contribution is -2.50. The Kier molecular flexibility index (Phi) is 8.73. The Labute approximate surface area is 116 Å². The smallest absolute Gasteiger partial charge is 0.234 e. The lowest BCUT2D eigenvalue weighted by atomic mass is 10.3. The Balaban J connectivity index is 2.07. The molecule has 0 aromatic heterocycles. The molecule has 6 heteroatoms. The van der Waals surface area contributed by atoms with Gasteiger partial charge in [0.1, 0.15) is 0 Å². The van der Waals surface area contributed by atoms with Crippen LogP contribution in [0.2, 0.25) is 0 Å². The van der Waals surface area contributed by atoms with Gasteiger partial charge in [0.2, 0.25) is 5.91 Å². The van der Waals surface area contributed by atoms with Gasteiger partial charge in [0.05, 0.1) is 19.8 Å². The van der Waals surface area contributed by atoms with Gasteiger partial charge in [-0.2, -0.15) is 0 Å². The molecule has 6 nitrogen and oxygen atoms in total. The number of nitrogens with zero attached hydrogens (tertiary/aromatic N) is 2. The van der Waals surface area contributed by atoms with E-state index in [9.17, 15) is 4.79 Å².